The Morgan fingerprint density at radius 2 is 1.80 bits per heavy atom. The highest BCUT2D eigenvalue weighted by Gasteiger charge is 2.56. The minimum atomic E-state index is -5.24. The van der Waals surface area contributed by atoms with E-state index in [1.54, 1.807) is 20.9 Å². The lowest BCUT2D eigenvalue weighted by Gasteiger charge is -2.33. The second-order valence-corrected chi connectivity index (χ2v) is 10.8. The molecule has 3 aromatic rings. The van der Waals surface area contributed by atoms with Crippen molar-refractivity contribution in [3.63, 3.8) is 0 Å². The molecule has 4 rings (SSSR count). The number of pyridine rings is 1. The number of nitrogens with one attached hydrogen (secondary N) is 2. The van der Waals surface area contributed by atoms with Crippen molar-refractivity contribution in [2.24, 2.45) is 0 Å². The van der Waals surface area contributed by atoms with Gasteiger partial charge in [-0.3, -0.25) is 4.79 Å². The van der Waals surface area contributed by atoms with Gasteiger partial charge in [0.1, 0.15) is 5.82 Å². The van der Waals surface area contributed by atoms with E-state index in [9.17, 15) is 27.5 Å². The number of alkyl halides is 3. The first-order chi connectivity index (χ1) is 19.2. The molecule has 220 valence electrons. The molecule has 0 bridgehead atoms. The number of amides is 1. The molecule has 12 heteroatoms. The zero-order valence-electron chi connectivity index (χ0n) is 22.8. The summed E-state index contributed by atoms with van der Waals surface area (Å²) >= 11 is 5.92. The molecule has 7 nitrogen and oxygen atoms in total. The molecule has 0 radical (unpaired) electrons. The Balaban J connectivity index is 1.71. The third kappa shape index (κ3) is 6.58. The number of halogens is 5. The molecular weight excluding hydrogens is 566 g/mol. The maximum atomic E-state index is 14.5. The SMILES string of the molecule is CNC(C)(C)c1cc(-c2ccc(F)c(Cl)c2)nc(C(O)(CNC(=O)c2ccc(OC3CC3)c(OC)c2)C(F)(F)F)c1. The quantitative estimate of drug-likeness (QED) is 0.260. The largest absolute Gasteiger partial charge is 0.493 e. The number of aromatic nitrogens is 1. The van der Waals surface area contributed by atoms with Crippen LogP contribution in [0.1, 0.15) is 48.3 Å². The van der Waals surface area contributed by atoms with E-state index in [0.717, 1.165) is 25.0 Å². The third-order valence-electron chi connectivity index (χ3n) is 7.03. The molecule has 3 N–H and O–H groups in total. The van der Waals surface area contributed by atoms with E-state index in [-0.39, 0.29) is 33.7 Å². The summed E-state index contributed by atoms with van der Waals surface area (Å²) in [5, 5.41) is 16.1. The van der Waals surface area contributed by atoms with E-state index in [0.29, 0.717) is 11.3 Å². The average molecular weight is 596 g/mol. The summed E-state index contributed by atoms with van der Waals surface area (Å²) in [5.41, 5.74) is -4.58. The van der Waals surface area contributed by atoms with Gasteiger partial charge in [-0.1, -0.05) is 11.6 Å². The first-order valence-electron chi connectivity index (χ1n) is 12.8. The second-order valence-electron chi connectivity index (χ2n) is 10.4. The first kappa shape index (κ1) is 30.5. The number of aliphatic hydroxyl groups is 1. The number of carbonyl (C=O) groups excluding carboxylic acids is 1. The molecule has 1 aliphatic rings. The van der Waals surface area contributed by atoms with Crippen LogP contribution in [0.5, 0.6) is 11.5 Å². The molecule has 1 unspecified atom stereocenters. The molecule has 0 saturated heterocycles. The summed E-state index contributed by atoms with van der Waals surface area (Å²) in [6, 6.07) is 10.5. The second kappa shape index (κ2) is 11.5. The molecule has 1 fully saturated rings. The lowest BCUT2D eigenvalue weighted by molar-refractivity contribution is -0.265. The van der Waals surface area contributed by atoms with E-state index in [4.69, 9.17) is 21.1 Å². The van der Waals surface area contributed by atoms with E-state index in [2.05, 4.69) is 15.6 Å². The summed E-state index contributed by atoms with van der Waals surface area (Å²) < 4.78 is 68.4. The zero-order chi connectivity index (χ0) is 30.2. The molecule has 1 heterocycles. The van der Waals surface area contributed by atoms with Crippen LogP contribution in [0.25, 0.3) is 11.3 Å². The van der Waals surface area contributed by atoms with Gasteiger partial charge in [0.05, 0.1) is 36.2 Å². The smallest absolute Gasteiger partial charge is 0.424 e. The van der Waals surface area contributed by atoms with Gasteiger partial charge >= 0.3 is 6.18 Å². The summed E-state index contributed by atoms with van der Waals surface area (Å²) in [4.78, 5) is 17.0. The summed E-state index contributed by atoms with van der Waals surface area (Å²) in [6.45, 7) is 2.22. The Labute approximate surface area is 239 Å². The van der Waals surface area contributed by atoms with E-state index in [1.807, 2.05) is 0 Å². The minimum absolute atomic E-state index is 0.00851. The topological polar surface area (TPSA) is 92.7 Å². The Bertz CT molecular complexity index is 1450. The fourth-order valence-corrected chi connectivity index (χ4v) is 4.15. The molecule has 1 aromatic heterocycles. The van der Waals surface area contributed by atoms with Crippen molar-refractivity contribution in [1.29, 1.82) is 0 Å². The Hall–Kier alpha value is -3.41. The number of rotatable bonds is 10. The van der Waals surface area contributed by atoms with Gasteiger partial charge in [-0.2, -0.15) is 13.2 Å². The fourth-order valence-electron chi connectivity index (χ4n) is 3.97. The molecule has 1 saturated carbocycles. The molecular formula is C29H30ClF4N3O4. The standard InChI is InChI=1S/C29H30ClF4N3O4/c1-27(2,35-3)18-13-22(16-5-9-21(31)20(30)11-16)37-25(14-18)28(39,29(32,33)34)15-36-26(38)17-6-10-23(24(12-17)40-4)41-19-7-8-19/h5-6,9-14,19,35,39H,7-8,15H2,1-4H3,(H,36,38). The van der Waals surface area contributed by atoms with Crippen molar-refractivity contribution in [1.82, 2.24) is 15.6 Å². The summed E-state index contributed by atoms with van der Waals surface area (Å²) in [5.74, 6) is -0.913. The first-order valence-corrected chi connectivity index (χ1v) is 13.2. The van der Waals surface area contributed by atoms with Crippen LogP contribution >= 0.6 is 11.6 Å². The van der Waals surface area contributed by atoms with Crippen LogP contribution in [-0.2, 0) is 11.1 Å². The van der Waals surface area contributed by atoms with Gasteiger partial charge in [0.2, 0.25) is 5.60 Å². The van der Waals surface area contributed by atoms with Crippen LogP contribution in [0, 0.1) is 5.82 Å². The van der Waals surface area contributed by atoms with Crippen molar-refractivity contribution in [3.05, 3.63) is 76.2 Å². The monoisotopic (exact) mass is 595 g/mol. The van der Waals surface area contributed by atoms with Crippen LogP contribution < -0.4 is 20.1 Å². The van der Waals surface area contributed by atoms with Gasteiger partial charge in [0.15, 0.2) is 11.5 Å². The van der Waals surface area contributed by atoms with Crippen LogP contribution in [-0.4, -0.2) is 49.0 Å². The van der Waals surface area contributed by atoms with E-state index < -0.39 is 41.3 Å². The molecule has 0 aliphatic heterocycles. The number of carbonyl (C=O) groups is 1. The van der Waals surface area contributed by atoms with E-state index >= 15 is 0 Å². The van der Waals surface area contributed by atoms with Gasteiger partial charge in [-0.25, -0.2) is 9.37 Å². The Kier molecular flexibility index (Phi) is 8.54. The Morgan fingerprint density at radius 3 is 2.39 bits per heavy atom. The lowest BCUT2D eigenvalue weighted by Crippen LogP contribution is -2.51. The maximum Gasteiger partial charge on any atom is 0.424 e. The highest BCUT2D eigenvalue weighted by atomic mass is 35.5. The third-order valence-corrected chi connectivity index (χ3v) is 7.32. The average Bonchev–Trinajstić information content (AvgIpc) is 3.76. The lowest BCUT2D eigenvalue weighted by atomic mass is 9.89. The highest BCUT2D eigenvalue weighted by molar-refractivity contribution is 6.31. The zero-order valence-corrected chi connectivity index (χ0v) is 23.6. The van der Waals surface area contributed by atoms with Gasteiger partial charge in [0.25, 0.3) is 5.91 Å². The normalized spacial score (nSPS) is 15.3. The fraction of sp³-hybridized carbons (Fsp3) is 0.379. The van der Waals surface area contributed by atoms with Crippen LogP contribution in [0.2, 0.25) is 5.02 Å². The number of nitrogens with zero attached hydrogens (tertiary/aromatic N) is 1. The van der Waals surface area contributed by atoms with Crippen molar-refractivity contribution in [3.8, 4) is 22.8 Å². The molecule has 0 spiro atoms. The maximum absolute atomic E-state index is 14.5. The Morgan fingerprint density at radius 1 is 1.10 bits per heavy atom. The van der Waals surface area contributed by atoms with Gasteiger partial charge in [0, 0.05) is 16.7 Å². The predicted octanol–water partition coefficient (Wildman–Crippen LogP) is 5.73. The van der Waals surface area contributed by atoms with Crippen LogP contribution in [0.4, 0.5) is 17.6 Å². The van der Waals surface area contributed by atoms with Crippen LogP contribution in [0.3, 0.4) is 0 Å². The molecule has 41 heavy (non-hydrogen) atoms. The minimum Gasteiger partial charge on any atom is -0.493 e. The van der Waals surface area contributed by atoms with Crippen molar-refractivity contribution >= 4 is 17.5 Å². The van der Waals surface area contributed by atoms with Gasteiger partial charge in [-0.15, -0.1) is 0 Å². The number of hydrogen-bond acceptors (Lipinski definition) is 6. The number of hydrogen-bond donors (Lipinski definition) is 3. The van der Waals surface area contributed by atoms with E-state index in [1.165, 1.54) is 43.5 Å². The summed E-state index contributed by atoms with van der Waals surface area (Å²) in [7, 11) is 3.01. The molecule has 1 aliphatic carbocycles. The molecule has 1 amide bonds. The summed E-state index contributed by atoms with van der Waals surface area (Å²) in [6.07, 6.45) is -3.37. The van der Waals surface area contributed by atoms with Crippen LogP contribution in [0.15, 0.2) is 48.5 Å². The number of methoxy groups -OCH3 is 1. The number of benzene rings is 2. The highest BCUT2D eigenvalue weighted by Crippen LogP contribution is 2.40. The number of ether oxygens (including phenoxy) is 2. The molecule has 2 aromatic carbocycles. The molecule has 1 atom stereocenters. The van der Waals surface area contributed by atoms with Crippen molar-refractivity contribution in [2.75, 3.05) is 20.7 Å². The van der Waals surface area contributed by atoms with Gasteiger partial charge < -0.3 is 25.2 Å². The predicted molar refractivity (Wildman–Crippen MR) is 146 cm³/mol. The van der Waals surface area contributed by atoms with Gasteiger partial charge in [-0.05, 0) is 87.8 Å². The van der Waals surface area contributed by atoms with Crippen molar-refractivity contribution in [2.45, 2.75) is 50.1 Å². The van der Waals surface area contributed by atoms with Crippen molar-refractivity contribution < 1.29 is 36.9 Å².